The second-order valence-electron chi connectivity index (χ2n) is 6.55. The lowest BCUT2D eigenvalue weighted by atomic mass is 9.97. The van der Waals surface area contributed by atoms with Gasteiger partial charge in [0.05, 0.1) is 13.2 Å². The van der Waals surface area contributed by atoms with E-state index in [4.69, 9.17) is 4.74 Å². The highest BCUT2D eigenvalue weighted by molar-refractivity contribution is 6.11. The fourth-order valence-corrected chi connectivity index (χ4v) is 3.16. The van der Waals surface area contributed by atoms with Crippen LogP contribution >= 0.6 is 0 Å². The molecule has 26 heavy (non-hydrogen) atoms. The summed E-state index contributed by atoms with van der Waals surface area (Å²) in [7, 11) is 1.53. The molecule has 1 N–H and O–H groups in total. The van der Waals surface area contributed by atoms with Crippen LogP contribution in [0.1, 0.15) is 23.5 Å². The lowest BCUT2D eigenvalue weighted by molar-refractivity contribution is -0.129. The second-order valence-corrected chi connectivity index (χ2v) is 6.55. The van der Waals surface area contributed by atoms with Crippen LogP contribution in [0.15, 0.2) is 48.5 Å². The summed E-state index contributed by atoms with van der Waals surface area (Å²) in [5.41, 5.74) is 2.72. The van der Waals surface area contributed by atoms with Crippen molar-refractivity contribution >= 4 is 17.4 Å². The van der Waals surface area contributed by atoms with E-state index in [0.29, 0.717) is 17.9 Å². The second kappa shape index (κ2) is 7.40. The third kappa shape index (κ3) is 3.75. The summed E-state index contributed by atoms with van der Waals surface area (Å²) in [4.78, 5) is 25.1. The van der Waals surface area contributed by atoms with Gasteiger partial charge in [-0.05, 0) is 37.0 Å². The lowest BCUT2D eigenvalue weighted by Gasteiger charge is -2.10. The number of Topliss-reactive ketones (excluding diaryl/α,β-unsaturated/α-hetero) is 1. The van der Waals surface area contributed by atoms with Crippen LogP contribution < -0.4 is 10.1 Å². The van der Waals surface area contributed by atoms with Gasteiger partial charge in [0.2, 0.25) is 5.91 Å². The summed E-state index contributed by atoms with van der Waals surface area (Å²) in [5.74, 6) is -1.79. The third-order valence-electron chi connectivity index (χ3n) is 4.64. The van der Waals surface area contributed by atoms with Crippen molar-refractivity contribution < 1.29 is 14.3 Å². The molecule has 1 aliphatic rings. The number of anilines is 1. The molecule has 2 aromatic carbocycles. The van der Waals surface area contributed by atoms with Crippen LogP contribution in [-0.2, 0) is 9.59 Å². The number of carbonyl (C=O) groups is 2. The molecule has 0 saturated heterocycles. The number of methoxy groups -OCH3 is 1. The molecule has 0 spiro atoms. The maximum Gasteiger partial charge on any atom is 0.249 e. The largest absolute Gasteiger partial charge is 0.497 e. The van der Waals surface area contributed by atoms with Crippen LogP contribution in [0.4, 0.5) is 5.69 Å². The van der Waals surface area contributed by atoms with E-state index < -0.39 is 11.8 Å². The lowest BCUT2D eigenvalue weighted by Crippen LogP contribution is -2.30. The summed E-state index contributed by atoms with van der Waals surface area (Å²) in [5, 5.41) is 12.0. The highest BCUT2D eigenvalue weighted by atomic mass is 16.5. The predicted octanol–water partition coefficient (Wildman–Crippen LogP) is 3.45. The topological polar surface area (TPSA) is 79.2 Å². The molecule has 1 saturated carbocycles. The Morgan fingerprint density at radius 1 is 1.23 bits per heavy atom. The average molecular weight is 348 g/mol. The quantitative estimate of drug-likeness (QED) is 0.811. The Kier molecular flexibility index (Phi) is 5.04. The molecule has 5 heteroatoms. The zero-order chi connectivity index (χ0) is 18.7. The summed E-state index contributed by atoms with van der Waals surface area (Å²) in [6, 6.07) is 16.7. The molecular weight excluding hydrogens is 328 g/mol. The zero-order valence-corrected chi connectivity index (χ0v) is 14.7. The number of ether oxygens (including phenoxy) is 1. The van der Waals surface area contributed by atoms with Gasteiger partial charge in [0, 0.05) is 17.7 Å². The van der Waals surface area contributed by atoms with Gasteiger partial charge in [0.15, 0.2) is 11.7 Å². The molecule has 1 amide bonds. The minimum atomic E-state index is -1.30. The number of nitrogens with zero attached hydrogens (tertiary/aromatic N) is 1. The number of nitriles is 1. The Morgan fingerprint density at radius 2 is 2.00 bits per heavy atom. The van der Waals surface area contributed by atoms with E-state index in [1.165, 1.54) is 7.11 Å². The van der Waals surface area contributed by atoms with E-state index in [9.17, 15) is 14.9 Å². The first-order valence-corrected chi connectivity index (χ1v) is 8.48. The third-order valence-corrected chi connectivity index (χ3v) is 4.64. The maximum atomic E-state index is 12.7. The van der Waals surface area contributed by atoms with E-state index in [0.717, 1.165) is 11.1 Å². The monoisotopic (exact) mass is 348 g/mol. The zero-order valence-electron chi connectivity index (χ0n) is 14.7. The minimum Gasteiger partial charge on any atom is -0.497 e. The first-order chi connectivity index (χ1) is 12.5. The first-order valence-electron chi connectivity index (χ1n) is 8.48. The summed E-state index contributed by atoms with van der Waals surface area (Å²) < 4.78 is 5.11. The Hall–Kier alpha value is -3.13. The molecule has 3 rings (SSSR count). The van der Waals surface area contributed by atoms with Gasteiger partial charge in [-0.15, -0.1) is 0 Å². The molecule has 0 aliphatic heterocycles. The number of benzene rings is 2. The van der Waals surface area contributed by atoms with Crippen LogP contribution in [0.25, 0.3) is 0 Å². The van der Waals surface area contributed by atoms with Gasteiger partial charge in [-0.3, -0.25) is 9.59 Å². The van der Waals surface area contributed by atoms with Gasteiger partial charge in [-0.25, -0.2) is 0 Å². The smallest absolute Gasteiger partial charge is 0.249 e. The molecule has 5 nitrogen and oxygen atoms in total. The molecule has 1 aliphatic carbocycles. The van der Waals surface area contributed by atoms with Crippen LogP contribution in [-0.4, -0.2) is 18.8 Å². The number of hydrogen-bond acceptors (Lipinski definition) is 4. The molecule has 0 unspecified atom stereocenters. The van der Waals surface area contributed by atoms with Crippen LogP contribution in [0.2, 0.25) is 0 Å². The number of nitrogens with one attached hydrogen (secondary N) is 1. The fraction of sp³-hybridized carbons (Fsp3) is 0.286. The predicted molar refractivity (Wildman–Crippen MR) is 97.8 cm³/mol. The average Bonchev–Trinajstić information content (AvgIpc) is 3.43. The number of amides is 1. The standard InChI is InChI=1S/C21H20N2O3/c1-13-5-3-6-14(9-13)17-11-18(17)20(24)19(12-22)21(25)23-15-7-4-8-16(10-15)26-2/h3-10,17-19H,11H2,1-2H3,(H,23,25)/t17-,18+,19-/m1/s1. The van der Waals surface area contributed by atoms with Crippen molar-refractivity contribution in [2.75, 3.05) is 12.4 Å². The van der Waals surface area contributed by atoms with Gasteiger partial charge in [-0.1, -0.05) is 35.9 Å². The number of rotatable bonds is 6. The molecule has 2 aromatic rings. The normalized spacial score (nSPS) is 19.1. The van der Waals surface area contributed by atoms with Crippen molar-refractivity contribution in [2.45, 2.75) is 19.3 Å². The van der Waals surface area contributed by atoms with E-state index in [1.54, 1.807) is 24.3 Å². The van der Waals surface area contributed by atoms with Crippen molar-refractivity contribution in [1.82, 2.24) is 0 Å². The van der Waals surface area contributed by atoms with E-state index in [1.807, 2.05) is 31.2 Å². The highest BCUT2D eigenvalue weighted by Gasteiger charge is 2.47. The van der Waals surface area contributed by atoms with Crippen molar-refractivity contribution in [3.05, 3.63) is 59.7 Å². The van der Waals surface area contributed by atoms with Crippen molar-refractivity contribution in [2.24, 2.45) is 11.8 Å². The number of ketones is 1. The van der Waals surface area contributed by atoms with Crippen molar-refractivity contribution in [1.29, 1.82) is 5.26 Å². The highest BCUT2D eigenvalue weighted by Crippen LogP contribution is 2.49. The van der Waals surface area contributed by atoms with Gasteiger partial charge in [-0.2, -0.15) is 5.26 Å². The maximum absolute atomic E-state index is 12.7. The summed E-state index contributed by atoms with van der Waals surface area (Å²) in [6.45, 7) is 2.00. The van der Waals surface area contributed by atoms with Gasteiger partial charge in [0.25, 0.3) is 0 Å². The fourth-order valence-electron chi connectivity index (χ4n) is 3.16. The first kappa shape index (κ1) is 17.7. The van der Waals surface area contributed by atoms with Gasteiger partial charge < -0.3 is 10.1 Å². The minimum absolute atomic E-state index is 0.0999. The van der Waals surface area contributed by atoms with E-state index >= 15 is 0 Å². The molecule has 0 radical (unpaired) electrons. The van der Waals surface area contributed by atoms with Crippen molar-refractivity contribution in [3.8, 4) is 11.8 Å². The Labute approximate surface area is 152 Å². The summed E-state index contributed by atoms with van der Waals surface area (Å²) >= 11 is 0. The van der Waals surface area contributed by atoms with Crippen molar-refractivity contribution in [3.63, 3.8) is 0 Å². The molecule has 0 bridgehead atoms. The molecule has 0 aromatic heterocycles. The Bertz CT molecular complexity index is 885. The molecule has 0 heterocycles. The van der Waals surface area contributed by atoms with Gasteiger partial charge >= 0.3 is 0 Å². The molecular formula is C21H20N2O3. The molecule has 1 fully saturated rings. The van der Waals surface area contributed by atoms with E-state index in [-0.39, 0.29) is 17.6 Å². The van der Waals surface area contributed by atoms with Crippen LogP contribution in [0.3, 0.4) is 0 Å². The van der Waals surface area contributed by atoms with Gasteiger partial charge in [0.1, 0.15) is 5.75 Å². The Balaban J connectivity index is 1.68. The SMILES string of the molecule is COc1cccc(NC(=O)[C@H](C#N)C(=O)[C@H]2C[C@@H]2c2cccc(C)c2)c1. The summed E-state index contributed by atoms with van der Waals surface area (Å²) in [6.07, 6.45) is 0.687. The van der Waals surface area contributed by atoms with E-state index in [2.05, 4.69) is 11.4 Å². The number of hydrogen-bond donors (Lipinski definition) is 1. The van der Waals surface area contributed by atoms with Crippen LogP contribution in [0, 0.1) is 30.1 Å². The number of aryl methyl sites for hydroxylation is 1. The molecule has 3 atom stereocenters. The Morgan fingerprint density at radius 3 is 2.69 bits per heavy atom. The number of carbonyl (C=O) groups excluding carboxylic acids is 2. The molecule has 132 valence electrons. The van der Waals surface area contributed by atoms with Crippen LogP contribution in [0.5, 0.6) is 5.75 Å².